The van der Waals surface area contributed by atoms with Crippen LogP contribution in [-0.2, 0) is 6.61 Å². The summed E-state index contributed by atoms with van der Waals surface area (Å²) in [4.78, 5) is 13.0. The molecular weight excluding hydrogens is 497 g/mol. The summed E-state index contributed by atoms with van der Waals surface area (Å²) in [5, 5.41) is 11.8. The van der Waals surface area contributed by atoms with Gasteiger partial charge in [0.25, 0.3) is 0 Å². The van der Waals surface area contributed by atoms with Crippen molar-refractivity contribution in [1.82, 2.24) is 20.7 Å². The summed E-state index contributed by atoms with van der Waals surface area (Å²) < 4.78 is 24.7. The monoisotopic (exact) mass is 519 g/mol. The van der Waals surface area contributed by atoms with Crippen molar-refractivity contribution in [3.8, 4) is 11.5 Å². The van der Waals surface area contributed by atoms with Crippen molar-refractivity contribution in [2.75, 3.05) is 25.5 Å². The summed E-state index contributed by atoms with van der Waals surface area (Å²) in [5.74, 6) is 2.00. The van der Waals surface area contributed by atoms with Crippen LogP contribution < -0.4 is 25.5 Å². The first kappa shape index (κ1) is 24.3. The van der Waals surface area contributed by atoms with Crippen LogP contribution in [0.1, 0.15) is 11.1 Å². The molecule has 0 atom stereocenters. The van der Waals surface area contributed by atoms with Gasteiger partial charge in [0, 0.05) is 29.2 Å². The van der Waals surface area contributed by atoms with Crippen LogP contribution in [0.25, 0.3) is 10.9 Å². The minimum atomic E-state index is -0.313. The molecule has 37 heavy (non-hydrogen) atoms. The number of anilines is 2. The SMILES string of the molecule is COc1cc2ncnc(Nc3ccc(OCc4cccc(F)c4)c(Cl)c3)c2cc1C=NNC1=NCCN1. The quantitative estimate of drug-likeness (QED) is 0.230. The average Bonchev–Trinajstić information content (AvgIpc) is 3.42. The van der Waals surface area contributed by atoms with Crippen LogP contribution in [0.5, 0.6) is 11.5 Å². The van der Waals surface area contributed by atoms with Gasteiger partial charge in [-0.15, -0.1) is 0 Å². The molecule has 1 aliphatic heterocycles. The number of halogens is 2. The molecule has 0 saturated carbocycles. The molecule has 9 nitrogen and oxygen atoms in total. The van der Waals surface area contributed by atoms with Crippen LogP contribution in [0, 0.1) is 5.82 Å². The first-order valence-corrected chi connectivity index (χ1v) is 11.8. The number of guanidine groups is 1. The number of rotatable bonds is 8. The molecule has 0 unspecified atom stereocenters. The lowest BCUT2D eigenvalue weighted by Gasteiger charge is -2.13. The summed E-state index contributed by atoms with van der Waals surface area (Å²) in [6.45, 7) is 1.70. The first-order chi connectivity index (χ1) is 18.1. The number of hydrazone groups is 1. The Morgan fingerprint density at radius 1 is 1.14 bits per heavy atom. The number of ether oxygens (including phenoxy) is 2. The number of aliphatic imine (C=N–C) groups is 1. The minimum absolute atomic E-state index is 0.200. The van der Waals surface area contributed by atoms with Crippen LogP contribution in [0.3, 0.4) is 0 Å². The van der Waals surface area contributed by atoms with Gasteiger partial charge < -0.3 is 20.1 Å². The zero-order valence-electron chi connectivity index (χ0n) is 19.8. The van der Waals surface area contributed by atoms with Gasteiger partial charge in [0.05, 0.1) is 30.4 Å². The Bertz CT molecular complexity index is 1500. The predicted octanol–water partition coefficient (Wildman–Crippen LogP) is 4.64. The molecule has 4 aromatic rings. The third-order valence-electron chi connectivity index (χ3n) is 5.51. The van der Waals surface area contributed by atoms with E-state index in [0.717, 1.165) is 17.5 Å². The lowest BCUT2D eigenvalue weighted by molar-refractivity contribution is 0.306. The summed E-state index contributed by atoms with van der Waals surface area (Å²) in [7, 11) is 1.59. The fourth-order valence-corrected chi connectivity index (χ4v) is 3.97. The normalized spacial score (nSPS) is 12.9. The molecule has 0 aliphatic carbocycles. The van der Waals surface area contributed by atoms with Crippen LogP contribution in [0.4, 0.5) is 15.9 Å². The van der Waals surface area contributed by atoms with E-state index in [9.17, 15) is 4.39 Å². The molecule has 11 heteroatoms. The van der Waals surface area contributed by atoms with Gasteiger partial charge in [0.2, 0.25) is 5.96 Å². The topological polar surface area (TPSA) is 105 Å². The van der Waals surface area contributed by atoms with E-state index in [1.807, 2.05) is 18.2 Å². The molecule has 3 N–H and O–H groups in total. The number of nitrogens with one attached hydrogen (secondary N) is 3. The van der Waals surface area contributed by atoms with Crippen LogP contribution in [-0.4, -0.2) is 42.3 Å². The highest BCUT2D eigenvalue weighted by atomic mass is 35.5. The highest BCUT2D eigenvalue weighted by Crippen LogP contribution is 2.32. The summed E-state index contributed by atoms with van der Waals surface area (Å²) in [6.07, 6.45) is 3.13. The van der Waals surface area contributed by atoms with Gasteiger partial charge in [-0.2, -0.15) is 5.10 Å². The Balaban J connectivity index is 1.35. The smallest absolute Gasteiger partial charge is 0.212 e. The molecule has 1 aromatic heterocycles. The van der Waals surface area contributed by atoms with Crippen molar-refractivity contribution >= 4 is 46.2 Å². The van der Waals surface area contributed by atoms with E-state index in [1.54, 1.807) is 37.6 Å². The van der Waals surface area contributed by atoms with E-state index in [2.05, 4.69) is 36.1 Å². The van der Waals surface area contributed by atoms with E-state index >= 15 is 0 Å². The molecule has 188 valence electrons. The van der Waals surface area contributed by atoms with Crippen LogP contribution in [0.2, 0.25) is 5.02 Å². The zero-order valence-corrected chi connectivity index (χ0v) is 20.6. The maximum Gasteiger partial charge on any atom is 0.212 e. The number of fused-ring (bicyclic) bond motifs is 1. The zero-order chi connectivity index (χ0) is 25.6. The molecule has 1 aliphatic rings. The van der Waals surface area contributed by atoms with Gasteiger partial charge >= 0.3 is 0 Å². The van der Waals surface area contributed by atoms with Crippen molar-refractivity contribution in [3.63, 3.8) is 0 Å². The summed E-state index contributed by atoms with van der Waals surface area (Å²) in [5.41, 5.74) is 5.73. The number of nitrogens with zero attached hydrogens (tertiary/aromatic N) is 4. The van der Waals surface area contributed by atoms with E-state index in [1.165, 1.54) is 18.5 Å². The lowest BCUT2D eigenvalue weighted by atomic mass is 10.1. The minimum Gasteiger partial charge on any atom is -0.496 e. The van der Waals surface area contributed by atoms with E-state index in [-0.39, 0.29) is 12.4 Å². The largest absolute Gasteiger partial charge is 0.496 e. The Kier molecular flexibility index (Phi) is 7.27. The van der Waals surface area contributed by atoms with E-state index < -0.39 is 0 Å². The molecule has 0 saturated heterocycles. The standard InChI is InChI=1S/C26H23ClFN7O2/c1-36-24-12-22-20(10-17(24)13-33-35-26-29-7-8-30-26)25(32-15-31-22)34-19-5-6-23(21(27)11-19)37-14-16-3-2-4-18(28)9-16/h2-6,9-13,15H,7-8,14H2,1H3,(H2,29,30,35)(H,31,32,34). The molecule has 5 rings (SSSR count). The average molecular weight is 520 g/mol. The molecular formula is C26H23ClFN7O2. The van der Waals surface area contributed by atoms with Crippen LogP contribution in [0.15, 0.2) is 71.0 Å². The second kappa shape index (κ2) is 11.1. The van der Waals surface area contributed by atoms with Gasteiger partial charge in [-0.25, -0.2) is 24.8 Å². The first-order valence-electron chi connectivity index (χ1n) is 11.4. The van der Waals surface area contributed by atoms with Crippen LogP contribution >= 0.6 is 11.6 Å². The van der Waals surface area contributed by atoms with Crippen molar-refractivity contribution in [2.24, 2.45) is 10.1 Å². The van der Waals surface area contributed by atoms with Gasteiger partial charge in [-0.3, -0.25) is 0 Å². The molecule has 0 amide bonds. The van der Waals surface area contributed by atoms with E-state index in [4.69, 9.17) is 21.1 Å². The van der Waals surface area contributed by atoms with Gasteiger partial charge in [-0.05, 0) is 42.0 Å². The van der Waals surface area contributed by atoms with Gasteiger partial charge in [-0.1, -0.05) is 23.7 Å². The van der Waals surface area contributed by atoms with E-state index in [0.29, 0.717) is 51.6 Å². The number of benzene rings is 3. The maximum atomic E-state index is 13.4. The van der Waals surface area contributed by atoms with Crippen molar-refractivity contribution in [2.45, 2.75) is 6.61 Å². The summed E-state index contributed by atoms with van der Waals surface area (Å²) >= 11 is 6.46. The summed E-state index contributed by atoms with van der Waals surface area (Å²) in [6, 6.07) is 15.3. The number of hydrogen-bond acceptors (Lipinski definition) is 9. The van der Waals surface area contributed by atoms with Gasteiger partial charge in [0.15, 0.2) is 0 Å². The Hall–Kier alpha value is -4.44. The maximum absolute atomic E-state index is 13.4. The van der Waals surface area contributed by atoms with Crippen molar-refractivity contribution in [1.29, 1.82) is 0 Å². The van der Waals surface area contributed by atoms with Crippen molar-refractivity contribution < 1.29 is 13.9 Å². The Labute approximate surface area is 217 Å². The second-order valence-electron chi connectivity index (χ2n) is 8.05. The van der Waals surface area contributed by atoms with Gasteiger partial charge in [0.1, 0.15) is 36.1 Å². The molecule has 0 radical (unpaired) electrons. The highest BCUT2D eigenvalue weighted by Gasteiger charge is 2.12. The third kappa shape index (κ3) is 5.87. The Morgan fingerprint density at radius 3 is 2.84 bits per heavy atom. The number of hydrogen-bond donors (Lipinski definition) is 3. The highest BCUT2D eigenvalue weighted by molar-refractivity contribution is 6.32. The molecule has 0 bridgehead atoms. The fraction of sp³-hybridized carbons (Fsp3) is 0.154. The fourth-order valence-electron chi connectivity index (χ4n) is 3.73. The lowest BCUT2D eigenvalue weighted by Crippen LogP contribution is -2.30. The predicted molar refractivity (Wildman–Crippen MR) is 143 cm³/mol. The number of methoxy groups -OCH3 is 1. The Morgan fingerprint density at radius 2 is 2.05 bits per heavy atom. The second-order valence-corrected chi connectivity index (χ2v) is 8.46. The van der Waals surface area contributed by atoms with Crippen molar-refractivity contribution in [3.05, 3.63) is 82.9 Å². The molecule has 0 fully saturated rings. The molecule has 0 spiro atoms. The molecule has 2 heterocycles. The number of aromatic nitrogens is 2. The third-order valence-corrected chi connectivity index (χ3v) is 5.81. The molecule has 3 aromatic carbocycles.